The SMILES string of the molecule is COc1ccc(CN(Cc2ccccc2F)C[C@@H](O)COc2ccccc2C)cc1. The lowest BCUT2D eigenvalue weighted by atomic mass is 10.1. The van der Waals surface area contributed by atoms with E-state index in [1.807, 2.05) is 66.4 Å². The van der Waals surface area contributed by atoms with Gasteiger partial charge in [-0.1, -0.05) is 48.5 Å². The molecule has 0 heterocycles. The Hall–Kier alpha value is -2.89. The monoisotopic (exact) mass is 409 g/mol. The highest BCUT2D eigenvalue weighted by atomic mass is 19.1. The number of para-hydroxylation sites is 1. The van der Waals surface area contributed by atoms with E-state index in [-0.39, 0.29) is 12.4 Å². The molecule has 0 unspecified atom stereocenters. The molecule has 0 aliphatic rings. The Morgan fingerprint density at radius 1 is 0.933 bits per heavy atom. The van der Waals surface area contributed by atoms with Crippen molar-refractivity contribution in [3.8, 4) is 11.5 Å². The lowest BCUT2D eigenvalue weighted by Gasteiger charge is -2.26. The zero-order chi connectivity index (χ0) is 21.3. The molecule has 0 aromatic heterocycles. The second kappa shape index (κ2) is 10.8. The summed E-state index contributed by atoms with van der Waals surface area (Å²) in [7, 11) is 1.63. The van der Waals surface area contributed by atoms with Crippen molar-refractivity contribution >= 4 is 0 Å². The minimum Gasteiger partial charge on any atom is -0.497 e. The van der Waals surface area contributed by atoms with Gasteiger partial charge in [-0.25, -0.2) is 4.39 Å². The number of hydrogen-bond acceptors (Lipinski definition) is 4. The van der Waals surface area contributed by atoms with Crippen LogP contribution in [0.15, 0.2) is 72.8 Å². The fourth-order valence-corrected chi connectivity index (χ4v) is 3.30. The van der Waals surface area contributed by atoms with Crippen molar-refractivity contribution < 1.29 is 19.0 Å². The van der Waals surface area contributed by atoms with Crippen molar-refractivity contribution in [1.29, 1.82) is 0 Å². The predicted octanol–water partition coefficient (Wildman–Crippen LogP) is 4.58. The van der Waals surface area contributed by atoms with Gasteiger partial charge in [0, 0.05) is 25.2 Å². The molecule has 0 spiro atoms. The number of aliphatic hydroxyl groups excluding tert-OH is 1. The molecular formula is C25H28FNO3. The standard InChI is InChI=1S/C25H28FNO3/c1-19-7-3-6-10-25(19)30-18-22(28)17-27(16-21-8-4-5-9-24(21)26)15-20-11-13-23(29-2)14-12-20/h3-14,22,28H,15-18H2,1-2H3/t22-/m1/s1. The van der Waals surface area contributed by atoms with Gasteiger partial charge in [-0.2, -0.15) is 0 Å². The summed E-state index contributed by atoms with van der Waals surface area (Å²) in [4.78, 5) is 2.02. The van der Waals surface area contributed by atoms with Crippen LogP contribution in [0.25, 0.3) is 0 Å². The molecule has 1 N–H and O–H groups in total. The average molecular weight is 410 g/mol. The highest BCUT2D eigenvalue weighted by Gasteiger charge is 2.16. The number of ether oxygens (including phenoxy) is 2. The summed E-state index contributed by atoms with van der Waals surface area (Å²) in [6, 6.07) is 22.2. The van der Waals surface area contributed by atoms with Gasteiger partial charge in [-0.3, -0.25) is 4.90 Å². The molecule has 0 bridgehead atoms. The van der Waals surface area contributed by atoms with Gasteiger partial charge in [0.1, 0.15) is 30.0 Å². The molecule has 0 fully saturated rings. The Bertz CT molecular complexity index is 930. The van der Waals surface area contributed by atoms with Crippen LogP contribution in [-0.2, 0) is 13.1 Å². The first-order chi connectivity index (χ1) is 14.5. The lowest BCUT2D eigenvalue weighted by molar-refractivity contribution is 0.0622. The highest BCUT2D eigenvalue weighted by Crippen LogP contribution is 2.18. The van der Waals surface area contributed by atoms with E-state index in [1.54, 1.807) is 19.2 Å². The van der Waals surface area contributed by atoms with Crippen molar-refractivity contribution in [1.82, 2.24) is 4.90 Å². The van der Waals surface area contributed by atoms with Crippen molar-refractivity contribution in [2.24, 2.45) is 0 Å². The molecule has 0 saturated carbocycles. The van der Waals surface area contributed by atoms with Crippen LogP contribution in [0.2, 0.25) is 0 Å². The number of methoxy groups -OCH3 is 1. The van der Waals surface area contributed by atoms with Gasteiger partial charge >= 0.3 is 0 Å². The van der Waals surface area contributed by atoms with Gasteiger partial charge in [0.2, 0.25) is 0 Å². The van der Waals surface area contributed by atoms with Gasteiger partial charge in [-0.05, 0) is 42.3 Å². The Morgan fingerprint density at radius 2 is 1.63 bits per heavy atom. The quantitative estimate of drug-likeness (QED) is 0.532. The van der Waals surface area contributed by atoms with Crippen LogP contribution in [0.4, 0.5) is 4.39 Å². The summed E-state index contributed by atoms with van der Waals surface area (Å²) in [5.74, 6) is 1.29. The van der Waals surface area contributed by atoms with Gasteiger partial charge in [0.15, 0.2) is 0 Å². The Balaban J connectivity index is 1.67. The summed E-state index contributed by atoms with van der Waals surface area (Å²) < 4.78 is 25.2. The van der Waals surface area contributed by atoms with Crippen molar-refractivity contribution in [2.75, 3.05) is 20.3 Å². The zero-order valence-corrected chi connectivity index (χ0v) is 17.4. The molecule has 4 nitrogen and oxygen atoms in total. The van der Waals surface area contributed by atoms with E-state index < -0.39 is 6.10 Å². The topological polar surface area (TPSA) is 41.9 Å². The van der Waals surface area contributed by atoms with Crippen LogP contribution >= 0.6 is 0 Å². The molecule has 0 aliphatic heterocycles. The third-order valence-corrected chi connectivity index (χ3v) is 4.91. The largest absolute Gasteiger partial charge is 0.497 e. The van der Waals surface area contributed by atoms with Crippen LogP contribution in [0.5, 0.6) is 11.5 Å². The van der Waals surface area contributed by atoms with Crippen LogP contribution in [-0.4, -0.2) is 36.4 Å². The maximum Gasteiger partial charge on any atom is 0.127 e. The number of aryl methyl sites for hydroxylation is 1. The molecule has 158 valence electrons. The number of hydrogen-bond donors (Lipinski definition) is 1. The smallest absolute Gasteiger partial charge is 0.127 e. The van der Waals surface area contributed by atoms with Gasteiger partial charge in [0.25, 0.3) is 0 Å². The fraction of sp³-hybridized carbons (Fsp3) is 0.280. The Labute approximate surface area is 177 Å². The molecule has 3 rings (SSSR count). The Kier molecular flexibility index (Phi) is 7.82. The minimum absolute atomic E-state index is 0.168. The predicted molar refractivity (Wildman–Crippen MR) is 116 cm³/mol. The van der Waals surface area contributed by atoms with Gasteiger partial charge in [0.05, 0.1) is 7.11 Å². The molecule has 0 aliphatic carbocycles. The summed E-state index contributed by atoms with van der Waals surface area (Å²) in [5, 5.41) is 10.6. The van der Waals surface area contributed by atoms with E-state index in [1.165, 1.54) is 6.07 Å². The maximum absolute atomic E-state index is 14.2. The van der Waals surface area contributed by atoms with Crippen molar-refractivity contribution in [3.63, 3.8) is 0 Å². The second-order valence-electron chi connectivity index (χ2n) is 7.34. The third-order valence-electron chi connectivity index (χ3n) is 4.91. The minimum atomic E-state index is -0.713. The van der Waals surface area contributed by atoms with Crippen LogP contribution in [0.3, 0.4) is 0 Å². The molecule has 5 heteroatoms. The van der Waals surface area contributed by atoms with Crippen LogP contribution in [0.1, 0.15) is 16.7 Å². The molecule has 3 aromatic rings. The molecular weight excluding hydrogens is 381 g/mol. The molecule has 30 heavy (non-hydrogen) atoms. The van der Waals surface area contributed by atoms with Gasteiger partial charge < -0.3 is 14.6 Å². The molecule has 0 radical (unpaired) electrons. The molecule has 1 atom stereocenters. The number of nitrogens with zero attached hydrogens (tertiary/aromatic N) is 1. The van der Waals surface area contributed by atoms with E-state index in [2.05, 4.69) is 0 Å². The summed E-state index contributed by atoms with van der Waals surface area (Å²) in [5.41, 5.74) is 2.67. The summed E-state index contributed by atoms with van der Waals surface area (Å²) >= 11 is 0. The number of aliphatic hydroxyl groups is 1. The van der Waals surface area contributed by atoms with E-state index in [4.69, 9.17) is 9.47 Å². The summed E-state index contributed by atoms with van der Waals surface area (Å²) in [6.07, 6.45) is -0.713. The Morgan fingerprint density at radius 3 is 2.33 bits per heavy atom. The number of benzene rings is 3. The number of halogens is 1. The second-order valence-corrected chi connectivity index (χ2v) is 7.34. The lowest BCUT2D eigenvalue weighted by Crippen LogP contribution is -2.35. The van der Waals surface area contributed by atoms with Crippen molar-refractivity contribution in [3.05, 3.63) is 95.3 Å². The van der Waals surface area contributed by atoms with E-state index in [0.29, 0.717) is 25.2 Å². The third kappa shape index (κ3) is 6.31. The first-order valence-electron chi connectivity index (χ1n) is 10.0. The first kappa shape index (κ1) is 21.8. The molecule has 0 saturated heterocycles. The molecule has 0 amide bonds. The number of rotatable bonds is 10. The van der Waals surface area contributed by atoms with Crippen LogP contribution in [0, 0.1) is 12.7 Å². The van der Waals surface area contributed by atoms with E-state index in [9.17, 15) is 9.50 Å². The van der Waals surface area contributed by atoms with Crippen molar-refractivity contribution in [2.45, 2.75) is 26.1 Å². The van der Waals surface area contributed by atoms with Crippen LogP contribution < -0.4 is 9.47 Å². The van der Waals surface area contributed by atoms with E-state index >= 15 is 0 Å². The summed E-state index contributed by atoms with van der Waals surface area (Å²) in [6.45, 7) is 3.45. The normalized spacial score (nSPS) is 12.0. The average Bonchev–Trinajstić information content (AvgIpc) is 2.75. The highest BCUT2D eigenvalue weighted by molar-refractivity contribution is 5.31. The van der Waals surface area contributed by atoms with Gasteiger partial charge in [-0.15, -0.1) is 0 Å². The maximum atomic E-state index is 14.2. The molecule has 3 aromatic carbocycles. The fourth-order valence-electron chi connectivity index (χ4n) is 3.30. The zero-order valence-electron chi connectivity index (χ0n) is 17.4. The van der Waals surface area contributed by atoms with E-state index in [0.717, 1.165) is 22.6 Å². The first-order valence-corrected chi connectivity index (χ1v) is 10.0.